The molecule has 1 aromatic rings. The third-order valence-corrected chi connectivity index (χ3v) is 7.27. The maximum Gasteiger partial charge on any atom is 0.349 e. The molecule has 0 aromatic carbocycles. The Labute approximate surface area is 263 Å². The second-order valence-electron chi connectivity index (χ2n) is 10.2. The summed E-state index contributed by atoms with van der Waals surface area (Å²) >= 11 is 0. The second-order valence-corrected chi connectivity index (χ2v) is 10.2. The van der Waals surface area contributed by atoms with Crippen LogP contribution in [0, 0.1) is 28.6 Å². The van der Waals surface area contributed by atoms with E-state index in [2.05, 4.69) is 37.3 Å². The average molecular weight is 601 g/mol. The fourth-order valence-corrected chi connectivity index (χ4v) is 4.75. The standard InChI is InChI=1S/C34H42N4O4.C2H6/c1-6-10-12-13-19-41-34(40)29(22-36)31-26-16-14-18-37-30(26)20-27(24(5)32(31)38-17-8-3)28(21-35)33(39)42-23-25(9-4)15-11-7-2;1-2/h8,14,16-18,25H,3,6-7,9-13,15,19-20,23H2,1-2,4-5H3;1-2H3/b28-27-,31-29+,38-17?;. The molecule has 8 heteroatoms. The zero-order valence-corrected chi connectivity index (χ0v) is 27.4. The smallest absolute Gasteiger partial charge is 0.349 e. The molecule has 0 fully saturated rings. The molecule has 0 N–H and O–H groups in total. The van der Waals surface area contributed by atoms with Crippen molar-refractivity contribution in [3.63, 3.8) is 0 Å². The number of aromatic nitrogens is 1. The molecule has 0 amide bonds. The van der Waals surface area contributed by atoms with E-state index in [1.807, 2.05) is 26.0 Å². The van der Waals surface area contributed by atoms with E-state index in [9.17, 15) is 20.1 Å². The van der Waals surface area contributed by atoms with E-state index < -0.39 is 11.9 Å². The molecule has 0 aliphatic heterocycles. The largest absolute Gasteiger partial charge is 0.462 e. The van der Waals surface area contributed by atoms with Gasteiger partial charge in [0.25, 0.3) is 0 Å². The lowest BCUT2D eigenvalue weighted by Crippen LogP contribution is -2.17. The van der Waals surface area contributed by atoms with Gasteiger partial charge in [0, 0.05) is 30.0 Å². The highest BCUT2D eigenvalue weighted by Crippen LogP contribution is 2.39. The summed E-state index contributed by atoms with van der Waals surface area (Å²) in [7, 11) is 0. The zero-order chi connectivity index (χ0) is 32.9. The Hall–Kier alpha value is -4.30. The van der Waals surface area contributed by atoms with Crippen LogP contribution >= 0.6 is 0 Å². The summed E-state index contributed by atoms with van der Waals surface area (Å²) in [6, 6.07) is 7.51. The molecule has 1 aromatic heterocycles. The van der Waals surface area contributed by atoms with Gasteiger partial charge in [0.05, 0.1) is 24.6 Å². The highest BCUT2D eigenvalue weighted by Gasteiger charge is 2.31. The Kier molecular flexibility index (Phi) is 18.3. The molecule has 1 atom stereocenters. The number of unbranched alkanes of at least 4 members (excludes halogenated alkanes) is 4. The third-order valence-electron chi connectivity index (χ3n) is 7.27. The van der Waals surface area contributed by atoms with Crippen LogP contribution in [0.1, 0.15) is 104 Å². The minimum atomic E-state index is -0.761. The summed E-state index contributed by atoms with van der Waals surface area (Å²) in [5, 5.41) is 20.3. The number of hydrogen-bond donors (Lipinski definition) is 0. The van der Waals surface area contributed by atoms with Gasteiger partial charge in [0.2, 0.25) is 0 Å². The van der Waals surface area contributed by atoms with E-state index in [0.717, 1.165) is 44.9 Å². The highest BCUT2D eigenvalue weighted by molar-refractivity contribution is 6.07. The van der Waals surface area contributed by atoms with Crippen molar-refractivity contribution in [1.82, 2.24) is 4.98 Å². The van der Waals surface area contributed by atoms with Crippen molar-refractivity contribution in [3.05, 3.63) is 70.2 Å². The Balaban J connectivity index is 0.00000474. The third kappa shape index (κ3) is 10.8. The number of allylic oxidation sites excluding steroid dienone is 4. The summed E-state index contributed by atoms with van der Waals surface area (Å²) in [6.07, 6.45) is 12.2. The first kappa shape index (κ1) is 37.7. The van der Waals surface area contributed by atoms with Gasteiger partial charge in [-0.1, -0.05) is 91.9 Å². The van der Waals surface area contributed by atoms with Crippen LogP contribution in [-0.4, -0.2) is 36.4 Å². The molecule has 0 saturated heterocycles. The maximum absolute atomic E-state index is 13.3. The van der Waals surface area contributed by atoms with Gasteiger partial charge in [-0.15, -0.1) is 0 Å². The van der Waals surface area contributed by atoms with E-state index in [1.54, 1.807) is 25.3 Å². The maximum atomic E-state index is 13.3. The summed E-state index contributed by atoms with van der Waals surface area (Å²) in [6.45, 7) is 16.1. The van der Waals surface area contributed by atoms with Gasteiger partial charge in [0.15, 0.2) is 0 Å². The van der Waals surface area contributed by atoms with Crippen molar-refractivity contribution >= 4 is 23.7 Å². The first-order chi connectivity index (χ1) is 21.4. The van der Waals surface area contributed by atoms with E-state index in [-0.39, 0.29) is 48.0 Å². The molecule has 2 rings (SSSR count). The number of rotatable bonds is 15. The van der Waals surface area contributed by atoms with E-state index in [1.165, 1.54) is 12.3 Å². The Morgan fingerprint density at radius 2 is 1.73 bits per heavy atom. The van der Waals surface area contributed by atoms with Crippen molar-refractivity contribution in [2.24, 2.45) is 10.9 Å². The molecule has 44 heavy (non-hydrogen) atoms. The normalized spacial score (nSPS) is 15.5. The molecule has 1 unspecified atom stereocenters. The van der Waals surface area contributed by atoms with Gasteiger partial charge < -0.3 is 9.47 Å². The molecule has 236 valence electrons. The minimum Gasteiger partial charge on any atom is -0.462 e. The molecule has 0 radical (unpaired) electrons. The fourth-order valence-electron chi connectivity index (χ4n) is 4.75. The summed E-state index contributed by atoms with van der Waals surface area (Å²) in [5.41, 5.74) is 1.94. The van der Waals surface area contributed by atoms with E-state index in [4.69, 9.17) is 9.47 Å². The van der Waals surface area contributed by atoms with Crippen LogP contribution in [0.3, 0.4) is 0 Å². The van der Waals surface area contributed by atoms with Gasteiger partial charge in [-0.2, -0.15) is 10.5 Å². The van der Waals surface area contributed by atoms with Gasteiger partial charge in [0.1, 0.15) is 23.3 Å². The predicted molar refractivity (Wildman–Crippen MR) is 175 cm³/mol. The molecule has 1 aliphatic rings. The monoisotopic (exact) mass is 600 g/mol. The molecular formula is C36H48N4O4. The molecule has 1 aliphatic carbocycles. The van der Waals surface area contributed by atoms with E-state index in [0.29, 0.717) is 28.8 Å². The van der Waals surface area contributed by atoms with Crippen LogP contribution in [-0.2, 0) is 25.5 Å². The van der Waals surface area contributed by atoms with Crippen molar-refractivity contribution < 1.29 is 19.1 Å². The van der Waals surface area contributed by atoms with Crippen LogP contribution < -0.4 is 0 Å². The zero-order valence-electron chi connectivity index (χ0n) is 27.4. The SMILES string of the molecule is C=CC=NC1=C(C)C(=C(/C#N)C(=O)OCC(CC)CCCC)/Cc2ncccc2/C1=C(/C#N)C(=O)OCCCCCC.CC. The number of esters is 2. The van der Waals surface area contributed by atoms with Crippen molar-refractivity contribution in [2.45, 2.75) is 99.3 Å². The number of ether oxygens (including phenoxy) is 2. The number of fused-ring (bicyclic) bond motifs is 1. The average Bonchev–Trinajstić information content (AvgIpc) is 3.16. The number of carbonyl (C=O) groups is 2. The predicted octanol–water partition coefficient (Wildman–Crippen LogP) is 8.18. The number of nitrogens with zero attached hydrogens (tertiary/aromatic N) is 4. The second kappa shape index (κ2) is 21.4. The van der Waals surface area contributed by atoms with Gasteiger partial charge in [-0.05, 0) is 42.9 Å². The number of nitriles is 2. The topological polar surface area (TPSA) is 125 Å². The van der Waals surface area contributed by atoms with Crippen LogP contribution in [0.2, 0.25) is 0 Å². The van der Waals surface area contributed by atoms with Gasteiger partial charge in [-0.3, -0.25) is 9.98 Å². The number of aliphatic imine (C=N–C) groups is 1. The summed E-state index contributed by atoms with van der Waals surface area (Å²) in [5.74, 6) is -1.27. The Bertz CT molecular complexity index is 1340. The fraction of sp³-hybridized carbons (Fsp3) is 0.500. The van der Waals surface area contributed by atoms with Crippen LogP contribution in [0.4, 0.5) is 0 Å². The van der Waals surface area contributed by atoms with Gasteiger partial charge in [-0.25, -0.2) is 9.59 Å². The van der Waals surface area contributed by atoms with Crippen molar-refractivity contribution in [2.75, 3.05) is 13.2 Å². The molecule has 1 heterocycles. The Morgan fingerprint density at radius 1 is 1.05 bits per heavy atom. The lowest BCUT2D eigenvalue weighted by Gasteiger charge is -2.16. The Morgan fingerprint density at radius 3 is 2.34 bits per heavy atom. The highest BCUT2D eigenvalue weighted by atomic mass is 16.5. The first-order valence-corrected chi connectivity index (χ1v) is 15.8. The van der Waals surface area contributed by atoms with Crippen LogP contribution in [0.15, 0.2) is 64.0 Å². The lowest BCUT2D eigenvalue weighted by atomic mass is 9.95. The molecular weight excluding hydrogens is 552 g/mol. The molecule has 8 nitrogen and oxygen atoms in total. The quantitative estimate of drug-likeness (QED) is 0.0653. The number of hydrogen-bond acceptors (Lipinski definition) is 8. The molecule has 0 saturated carbocycles. The molecule has 0 bridgehead atoms. The first-order valence-electron chi connectivity index (χ1n) is 15.8. The molecule has 0 spiro atoms. The van der Waals surface area contributed by atoms with Crippen LogP contribution in [0.5, 0.6) is 0 Å². The van der Waals surface area contributed by atoms with E-state index >= 15 is 0 Å². The number of pyridine rings is 1. The minimum absolute atomic E-state index is 0.106. The summed E-state index contributed by atoms with van der Waals surface area (Å²) < 4.78 is 11.1. The lowest BCUT2D eigenvalue weighted by molar-refractivity contribution is -0.140. The van der Waals surface area contributed by atoms with Crippen molar-refractivity contribution in [3.8, 4) is 12.1 Å². The van der Waals surface area contributed by atoms with Crippen molar-refractivity contribution in [1.29, 1.82) is 10.5 Å². The van der Waals surface area contributed by atoms with Crippen LogP contribution in [0.25, 0.3) is 5.57 Å². The summed E-state index contributed by atoms with van der Waals surface area (Å²) in [4.78, 5) is 35.6. The number of carbonyl (C=O) groups excluding carboxylic acids is 2. The van der Waals surface area contributed by atoms with Gasteiger partial charge >= 0.3 is 11.9 Å².